The minimum Gasteiger partial charge on any atom is -0.456 e. The zero-order valence-electron chi connectivity index (χ0n) is 32.1. The second-order valence-electron chi connectivity index (χ2n) is 16.5. The van der Waals surface area contributed by atoms with Gasteiger partial charge >= 0.3 is 0 Å². The number of rotatable bonds is 5. The molecule has 8 aromatic carbocycles. The first-order valence-electron chi connectivity index (χ1n) is 19.7. The van der Waals surface area contributed by atoms with Crippen LogP contribution in [0, 0.1) is 0 Å². The molecule has 11 rings (SSSR count). The highest BCUT2D eigenvalue weighted by Crippen LogP contribution is 2.56. The van der Waals surface area contributed by atoms with Gasteiger partial charge in [0.15, 0.2) is 0 Å². The second kappa shape index (κ2) is 11.9. The number of anilines is 3. The van der Waals surface area contributed by atoms with Crippen LogP contribution in [0.1, 0.15) is 49.9 Å². The van der Waals surface area contributed by atoms with Gasteiger partial charge in [-0.1, -0.05) is 161 Å². The number of fused-ring (bicyclic) bond motifs is 9. The lowest BCUT2D eigenvalue weighted by atomic mass is 9.81. The Morgan fingerprint density at radius 1 is 0.393 bits per heavy atom. The Morgan fingerprint density at radius 2 is 0.964 bits per heavy atom. The Balaban J connectivity index is 1.16. The summed E-state index contributed by atoms with van der Waals surface area (Å²) in [6.45, 7) is 9.46. The van der Waals surface area contributed by atoms with Gasteiger partial charge in [0.1, 0.15) is 11.2 Å². The Kier molecular flexibility index (Phi) is 6.98. The topological polar surface area (TPSA) is 16.4 Å². The smallest absolute Gasteiger partial charge is 0.136 e. The highest BCUT2D eigenvalue weighted by atomic mass is 16.3. The van der Waals surface area contributed by atoms with E-state index in [2.05, 4.69) is 202 Å². The summed E-state index contributed by atoms with van der Waals surface area (Å²) in [5.41, 5.74) is 20.4. The van der Waals surface area contributed by atoms with Gasteiger partial charge in [0, 0.05) is 32.9 Å². The average molecular weight is 720 g/mol. The van der Waals surface area contributed by atoms with Crippen LogP contribution in [0.25, 0.3) is 66.4 Å². The van der Waals surface area contributed by atoms with Crippen molar-refractivity contribution in [2.75, 3.05) is 4.90 Å². The van der Waals surface area contributed by atoms with Crippen molar-refractivity contribution in [1.82, 2.24) is 0 Å². The lowest BCUT2D eigenvalue weighted by Crippen LogP contribution is -2.21. The molecule has 1 heterocycles. The molecule has 0 radical (unpaired) electrons. The lowest BCUT2D eigenvalue weighted by molar-refractivity contribution is 0.660. The van der Waals surface area contributed by atoms with Crippen molar-refractivity contribution in [2.24, 2.45) is 0 Å². The minimum absolute atomic E-state index is 0.0508. The van der Waals surface area contributed by atoms with E-state index in [1.54, 1.807) is 0 Å². The van der Waals surface area contributed by atoms with E-state index < -0.39 is 0 Å². The predicted octanol–water partition coefficient (Wildman–Crippen LogP) is 15.0. The van der Waals surface area contributed by atoms with Gasteiger partial charge in [-0.25, -0.2) is 0 Å². The fourth-order valence-electron chi connectivity index (χ4n) is 10.0. The summed E-state index contributed by atoms with van der Waals surface area (Å²) < 4.78 is 6.36. The van der Waals surface area contributed by atoms with Crippen molar-refractivity contribution >= 4 is 39.0 Å². The Hall–Kier alpha value is -6.64. The summed E-state index contributed by atoms with van der Waals surface area (Å²) in [5.74, 6) is 0. The van der Waals surface area contributed by atoms with E-state index in [4.69, 9.17) is 4.42 Å². The molecule has 1 aromatic heterocycles. The third-order valence-corrected chi connectivity index (χ3v) is 12.7. The highest BCUT2D eigenvalue weighted by Gasteiger charge is 2.39. The van der Waals surface area contributed by atoms with Gasteiger partial charge < -0.3 is 9.32 Å². The molecule has 2 heteroatoms. The quantitative estimate of drug-likeness (QED) is 0.176. The van der Waals surface area contributed by atoms with Crippen LogP contribution in [0.5, 0.6) is 0 Å². The van der Waals surface area contributed by atoms with Gasteiger partial charge in [0.2, 0.25) is 0 Å². The maximum absolute atomic E-state index is 6.36. The summed E-state index contributed by atoms with van der Waals surface area (Å²) in [5, 5.41) is 2.28. The van der Waals surface area contributed by atoms with Crippen molar-refractivity contribution in [1.29, 1.82) is 0 Å². The first kappa shape index (κ1) is 32.8. The summed E-state index contributed by atoms with van der Waals surface area (Å²) >= 11 is 0. The molecule has 268 valence electrons. The van der Waals surface area contributed by atoms with E-state index in [0.717, 1.165) is 44.4 Å². The van der Waals surface area contributed by atoms with Crippen LogP contribution in [-0.2, 0) is 10.8 Å². The standard InChI is InChI=1S/C54H41NO/c1-53(2)44-24-9-6-20-40(44)43-33-35(30-31-46(43)53)37-18-7-11-26-47(37)55(48-27-14-23-41-39-19-5-10-25-45(39)54(3,4)52(41)48)36-17-13-16-34(32-36)38-22-15-29-50-51(38)42-21-8-12-28-49(42)56-50/h5-33H,1-4H3. The highest BCUT2D eigenvalue weighted by molar-refractivity contribution is 6.12. The number of benzene rings is 8. The predicted molar refractivity (Wildman–Crippen MR) is 234 cm³/mol. The zero-order valence-corrected chi connectivity index (χ0v) is 32.1. The van der Waals surface area contributed by atoms with Crippen LogP contribution in [0.4, 0.5) is 17.1 Å². The Morgan fingerprint density at radius 3 is 1.80 bits per heavy atom. The van der Waals surface area contributed by atoms with Gasteiger partial charge in [0.25, 0.3) is 0 Å². The number of para-hydroxylation sites is 2. The number of hydrogen-bond donors (Lipinski definition) is 0. The molecule has 0 N–H and O–H groups in total. The molecule has 0 amide bonds. The maximum Gasteiger partial charge on any atom is 0.136 e. The second-order valence-corrected chi connectivity index (χ2v) is 16.5. The van der Waals surface area contributed by atoms with E-state index in [9.17, 15) is 0 Å². The maximum atomic E-state index is 6.36. The van der Waals surface area contributed by atoms with Crippen molar-refractivity contribution in [3.05, 3.63) is 198 Å². The molecule has 2 aliphatic carbocycles. The van der Waals surface area contributed by atoms with Crippen LogP contribution in [-0.4, -0.2) is 0 Å². The molecule has 0 aliphatic heterocycles. The number of furan rings is 1. The van der Waals surface area contributed by atoms with E-state index in [0.29, 0.717) is 0 Å². The zero-order chi connectivity index (χ0) is 37.8. The summed E-state index contributed by atoms with van der Waals surface area (Å²) in [4.78, 5) is 2.52. The lowest BCUT2D eigenvalue weighted by Gasteiger charge is -2.33. The third-order valence-electron chi connectivity index (χ3n) is 12.7. The molecule has 0 saturated carbocycles. The van der Waals surface area contributed by atoms with Gasteiger partial charge in [-0.05, 0) is 104 Å². The van der Waals surface area contributed by atoms with Gasteiger partial charge in [-0.3, -0.25) is 0 Å². The molecule has 2 aliphatic rings. The van der Waals surface area contributed by atoms with Gasteiger partial charge in [0.05, 0.1) is 11.4 Å². The number of hydrogen-bond acceptors (Lipinski definition) is 2. The van der Waals surface area contributed by atoms with Gasteiger partial charge in [-0.2, -0.15) is 0 Å². The average Bonchev–Trinajstić information content (AvgIpc) is 3.81. The van der Waals surface area contributed by atoms with Crippen LogP contribution < -0.4 is 4.90 Å². The monoisotopic (exact) mass is 719 g/mol. The normalized spacial score (nSPS) is 14.4. The minimum atomic E-state index is -0.211. The van der Waals surface area contributed by atoms with Crippen LogP contribution >= 0.6 is 0 Å². The molecule has 0 unspecified atom stereocenters. The van der Waals surface area contributed by atoms with E-state index in [1.165, 1.54) is 61.3 Å². The molecule has 0 saturated heterocycles. The molecule has 56 heavy (non-hydrogen) atoms. The molecular formula is C54H41NO. The molecule has 0 spiro atoms. The molecule has 2 nitrogen and oxygen atoms in total. The third kappa shape index (κ3) is 4.62. The van der Waals surface area contributed by atoms with E-state index >= 15 is 0 Å². The van der Waals surface area contributed by atoms with Crippen LogP contribution in [0.3, 0.4) is 0 Å². The first-order valence-corrected chi connectivity index (χ1v) is 19.7. The SMILES string of the molecule is CC1(C)c2ccccc2-c2cc(-c3ccccc3N(c3cccc(-c4cccc5oc6ccccc6c45)c3)c3cccc4c3C(C)(C)c3ccccc3-4)ccc21. The molecular weight excluding hydrogens is 679 g/mol. The van der Waals surface area contributed by atoms with Crippen molar-refractivity contribution < 1.29 is 4.42 Å². The fraction of sp³-hybridized carbons (Fsp3) is 0.111. The fourth-order valence-corrected chi connectivity index (χ4v) is 10.0. The largest absolute Gasteiger partial charge is 0.456 e. The van der Waals surface area contributed by atoms with Crippen LogP contribution in [0.2, 0.25) is 0 Å². The first-order chi connectivity index (χ1) is 27.3. The van der Waals surface area contributed by atoms with Crippen molar-refractivity contribution in [2.45, 2.75) is 38.5 Å². The number of nitrogens with zero attached hydrogens (tertiary/aromatic N) is 1. The molecule has 0 bridgehead atoms. The molecule has 0 atom stereocenters. The summed E-state index contributed by atoms with van der Waals surface area (Å²) in [7, 11) is 0. The Bertz CT molecular complexity index is 3050. The van der Waals surface area contributed by atoms with Crippen molar-refractivity contribution in [3.63, 3.8) is 0 Å². The van der Waals surface area contributed by atoms with E-state index in [-0.39, 0.29) is 10.8 Å². The molecule has 9 aromatic rings. The van der Waals surface area contributed by atoms with E-state index in [1.807, 2.05) is 6.07 Å². The van der Waals surface area contributed by atoms with Crippen molar-refractivity contribution in [3.8, 4) is 44.5 Å². The molecule has 0 fully saturated rings. The summed E-state index contributed by atoms with van der Waals surface area (Å²) in [6.07, 6.45) is 0. The van der Waals surface area contributed by atoms with Crippen LogP contribution in [0.15, 0.2) is 180 Å². The Labute approximate surface area is 328 Å². The summed E-state index contributed by atoms with van der Waals surface area (Å²) in [6, 6.07) is 64.6. The van der Waals surface area contributed by atoms with Gasteiger partial charge in [-0.15, -0.1) is 0 Å².